The maximum absolute atomic E-state index is 10.6. The van der Waals surface area contributed by atoms with Crippen molar-refractivity contribution in [3.63, 3.8) is 0 Å². The molecule has 1 radical (unpaired) electrons. The van der Waals surface area contributed by atoms with Crippen molar-refractivity contribution in [3.05, 3.63) is 17.3 Å². The van der Waals surface area contributed by atoms with Gasteiger partial charge in [0.1, 0.15) is 18.3 Å². The van der Waals surface area contributed by atoms with Crippen molar-refractivity contribution in [2.75, 3.05) is 13.2 Å². The van der Waals surface area contributed by atoms with Crippen LogP contribution in [0.15, 0.2) is 11.5 Å². The average molecular weight is 420 g/mol. The van der Waals surface area contributed by atoms with Gasteiger partial charge in [0, 0.05) is 0 Å². The Bertz CT molecular complexity index is 471. The van der Waals surface area contributed by atoms with Gasteiger partial charge in [0.05, 0.1) is 19.3 Å². The quantitative estimate of drug-likeness (QED) is 0.146. The number of rotatable bonds is 3. The van der Waals surface area contributed by atoms with Crippen LogP contribution in [0.4, 0.5) is 0 Å². The molecule has 0 bridgehead atoms. The molecule has 0 aromatic carbocycles. The number of hydrogen-bond acceptors (Lipinski definition) is 9. The zero-order valence-corrected chi connectivity index (χ0v) is 13.6. The minimum atomic E-state index is -1.36. The van der Waals surface area contributed by atoms with E-state index >= 15 is 0 Å². The molecule has 0 aromatic rings. The molecule has 2 rings (SSSR count). The summed E-state index contributed by atoms with van der Waals surface area (Å²) in [5.41, 5.74) is 7.18. The molecule has 2 aliphatic rings. The Balaban J connectivity index is 0.000000443. The van der Waals surface area contributed by atoms with E-state index < -0.39 is 73.6 Å². The summed E-state index contributed by atoms with van der Waals surface area (Å²) in [6, 6.07) is -1.18. The van der Waals surface area contributed by atoms with Gasteiger partial charge < -0.3 is 56.1 Å². The van der Waals surface area contributed by atoms with Crippen molar-refractivity contribution in [1.82, 2.24) is 0 Å². The van der Waals surface area contributed by atoms with Crippen LogP contribution < -0.4 is 0 Å². The van der Waals surface area contributed by atoms with Gasteiger partial charge in [-0.15, -0.1) is 0 Å². The topological polar surface area (TPSA) is 227 Å². The summed E-state index contributed by atoms with van der Waals surface area (Å²) in [7, 11) is 0. The molecule has 0 spiro atoms. The van der Waals surface area contributed by atoms with Crippen LogP contribution in [0, 0.1) is 0 Å². The molecular formula is C12H22CuNO11+3. The first-order valence-corrected chi connectivity index (χ1v) is 6.85. The van der Waals surface area contributed by atoms with Crippen LogP contribution >= 0.6 is 0 Å². The van der Waals surface area contributed by atoms with Gasteiger partial charge in [-0.3, -0.25) is 0 Å². The summed E-state index contributed by atoms with van der Waals surface area (Å²) in [5.74, 6) is -2.36. The van der Waals surface area contributed by atoms with Gasteiger partial charge in [-0.05, 0) is 6.04 Å². The van der Waals surface area contributed by atoms with E-state index in [0.29, 0.717) is 0 Å². The molecule has 25 heavy (non-hydrogen) atoms. The maximum atomic E-state index is 10.6. The Hall–Kier alpha value is -0.991. The number of carbonyl (C=O) groups excluding carboxylic acids is 1. The first kappa shape index (κ1) is 24.0. The molecule has 2 heterocycles. The SMILES string of the molecule is O=C1OC(C(O)CO)C([OH2+])=C1O.[Cu+2].[NH-]C1C([OH2+])OC(CO)C(O)C1O. The summed E-state index contributed by atoms with van der Waals surface area (Å²) < 4.78 is 9.13. The third kappa shape index (κ3) is 5.49. The van der Waals surface area contributed by atoms with E-state index in [0.717, 1.165) is 0 Å². The molecule has 12 nitrogen and oxygen atoms in total. The summed E-state index contributed by atoms with van der Waals surface area (Å²) in [5, 5.41) is 67.4. The van der Waals surface area contributed by atoms with Crippen molar-refractivity contribution in [1.29, 1.82) is 0 Å². The number of nitrogens with one attached hydrogen (secondary N) is 1. The number of hydrogen-bond donors (Lipinski definition) is 6. The van der Waals surface area contributed by atoms with Crippen LogP contribution in [0.2, 0.25) is 0 Å². The Labute approximate surface area is 152 Å². The molecule has 7 unspecified atom stereocenters. The maximum Gasteiger partial charge on any atom is 2.00 e. The number of aliphatic hydroxyl groups excluding tert-OH is 6. The van der Waals surface area contributed by atoms with Crippen molar-refractivity contribution in [3.8, 4) is 0 Å². The number of ether oxygens (including phenoxy) is 2. The van der Waals surface area contributed by atoms with Gasteiger partial charge >= 0.3 is 28.8 Å². The average Bonchev–Trinajstić information content (AvgIpc) is 2.83. The van der Waals surface area contributed by atoms with Crippen molar-refractivity contribution in [2.24, 2.45) is 0 Å². The largest absolute Gasteiger partial charge is 2.00 e. The number of cyclic esters (lactones) is 1. The Kier molecular flexibility index (Phi) is 9.82. The van der Waals surface area contributed by atoms with E-state index in [4.69, 9.17) is 46.2 Å². The first-order valence-electron chi connectivity index (χ1n) is 6.85. The second-order valence-electron chi connectivity index (χ2n) is 5.12. The van der Waals surface area contributed by atoms with Crippen molar-refractivity contribution >= 4 is 5.97 Å². The molecule has 0 aromatic heterocycles. The summed E-state index contributed by atoms with van der Waals surface area (Å²) >= 11 is 0. The van der Waals surface area contributed by atoms with E-state index in [1.807, 2.05) is 0 Å². The molecule has 1 fully saturated rings. The summed E-state index contributed by atoms with van der Waals surface area (Å²) in [6.45, 7) is -1.09. The molecule has 0 aliphatic carbocycles. The zero-order chi connectivity index (χ0) is 18.6. The molecule has 7 atom stereocenters. The third-order valence-corrected chi connectivity index (χ3v) is 3.43. The van der Waals surface area contributed by atoms with Gasteiger partial charge in [-0.1, -0.05) is 0 Å². The van der Waals surface area contributed by atoms with Crippen LogP contribution in [0.3, 0.4) is 0 Å². The van der Waals surface area contributed by atoms with E-state index in [2.05, 4.69) is 4.74 Å². The van der Waals surface area contributed by atoms with Crippen molar-refractivity contribution < 1.29 is 72.2 Å². The van der Waals surface area contributed by atoms with Gasteiger partial charge in [0.15, 0.2) is 0 Å². The minimum Gasteiger partial charge on any atom is -0.664 e. The number of esters is 1. The smallest absolute Gasteiger partial charge is 0.664 e. The normalized spacial score (nSPS) is 36.0. The number of carbonyl (C=O) groups is 1. The van der Waals surface area contributed by atoms with E-state index in [1.54, 1.807) is 0 Å². The van der Waals surface area contributed by atoms with Crippen molar-refractivity contribution in [2.45, 2.75) is 42.9 Å². The predicted octanol–water partition coefficient (Wildman–Crippen LogP) is -4.67. The monoisotopic (exact) mass is 419 g/mol. The minimum absolute atomic E-state index is 0. The summed E-state index contributed by atoms with van der Waals surface area (Å²) in [4.78, 5) is 10.6. The van der Waals surface area contributed by atoms with Crippen LogP contribution in [0.1, 0.15) is 0 Å². The Morgan fingerprint density at radius 3 is 2.20 bits per heavy atom. The second kappa shape index (κ2) is 10.2. The fraction of sp³-hybridized carbons (Fsp3) is 0.750. The number of aliphatic hydroxyl groups is 6. The molecule has 13 heteroatoms. The first-order chi connectivity index (χ1) is 11.1. The van der Waals surface area contributed by atoms with Gasteiger partial charge in [0.2, 0.25) is 12.4 Å². The Morgan fingerprint density at radius 2 is 1.80 bits per heavy atom. The van der Waals surface area contributed by atoms with Crippen LogP contribution in [-0.4, -0.2) is 103 Å². The van der Waals surface area contributed by atoms with Crippen LogP contribution in [-0.2, 0) is 31.3 Å². The van der Waals surface area contributed by atoms with Gasteiger partial charge in [-0.2, -0.15) is 0 Å². The molecule has 149 valence electrons. The molecule has 2 aliphatic heterocycles. The fourth-order valence-electron chi connectivity index (χ4n) is 1.96. The molecule has 0 amide bonds. The fourth-order valence-corrected chi connectivity index (χ4v) is 1.96. The molecular weight excluding hydrogens is 398 g/mol. The van der Waals surface area contributed by atoms with Crippen LogP contribution in [0.5, 0.6) is 0 Å². The molecule has 11 N–H and O–H groups in total. The second-order valence-corrected chi connectivity index (χ2v) is 5.12. The zero-order valence-electron chi connectivity index (χ0n) is 12.7. The van der Waals surface area contributed by atoms with E-state index in [9.17, 15) is 9.90 Å². The molecule has 1 saturated heterocycles. The summed E-state index contributed by atoms with van der Waals surface area (Å²) in [6.07, 6.45) is -7.37. The van der Waals surface area contributed by atoms with E-state index in [1.165, 1.54) is 0 Å². The predicted molar refractivity (Wildman–Crippen MR) is 75.7 cm³/mol. The van der Waals surface area contributed by atoms with Gasteiger partial charge in [0.25, 0.3) is 5.76 Å². The van der Waals surface area contributed by atoms with Gasteiger partial charge in [-0.25, -0.2) is 4.79 Å². The molecule has 0 saturated carbocycles. The Morgan fingerprint density at radius 1 is 1.24 bits per heavy atom. The van der Waals surface area contributed by atoms with Crippen LogP contribution in [0.25, 0.3) is 5.73 Å². The standard InChI is InChI=1S/C6H12NO5.C6H8O6.Cu/c7-3-5(10)4(9)2(1-8)12-6(3)11;7-1-2(8)5-3(9)4(10)6(11)12-5;/h2-11H,1H2;2,5,7-10H,1H2;/q-1;;+2/p+2. The van der Waals surface area contributed by atoms with E-state index in [-0.39, 0.29) is 17.1 Å². The third-order valence-electron chi connectivity index (χ3n) is 3.43.